The number of piperidine rings is 1. The Hall–Kier alpha value is -2.15. The molecule has 25 heavy (non-hydrogen) atoms. The molecule has 0 bridgehead atoms. The lowest BCUT2D eigenvalue weighted by Crippen LogP contribution is -2.51. The molecule has 2 N–H and O–H groups in total. The predicted octanol–water partition coefficient (Wildman–Crippen LogP) is 2.89. The molecule has 1 unspecified atom stereocenters. The molecule has 0 saturated carbocycles. The number of likely N-dealkylation sites (tertiary alicyclic amines) is 1. The Balaban J connectivity index is 1.81. The first-order chi connectivity index (χ1) is 11.8. The van der Waals surface area contributed by atoms with E-state index in [1.54, 1.807) is 18.9 Å². The number of nitrogens with zero attached hydrogens (tertiary/aromatic N) is 1. The van der Waals surface area contributed by atoms with Crippen molar-refractivity contribution >= 4 is 23.6 Å². The fourth-order valence-corrected chi connectivity index (χ4v) is 3.73. The fourth-order valence-electron chi connectivity index (χ4n) is 3.50. The number of amides is 2. The van der Waals surface area contributed by atoms with Gasteiger partial charge in [0.1, 0.15) is 0 Å². The summed E-state index contributed by atoms with van der Waals surface area (Å²) < 4.78 is 12.1. The second-order valence-corrected chi connectivity index (χ2v) is 6.94. The summed E-state index contributed by atoms with van der Waals surface area (Å²) in [6.07, 6.45) is 1.45. The van der Waals surface area contributed by atoms with Crippen LogP contribution in [-0.2, 0) is 0 Å². The monoisotopic (exact) mass is 368 g/mol. The number of hydrogen-bond acceptors (Lipinski definition) is 4. The van der Waals surface area contributed by atoms with Crippen LogP contribution in [0.2, 0.25) is 5.02 Å². The lowest BCUT2D eigenvalue weighted by Gasteiger charge is -2.38. The summed E-state index contributed by atoms with van der Waals surface area (Å²) in [7, 11) is 1.61. The van der Waals surface area contributed by atoms with Crippen LogP contribution in [0.15, 0.2) is 6.07 Å². The van der Waals surface area contributed by atoms with Gasteiger partial charge in [0.05, 0.1) is 10.6 Å². The Kier molecular flexibility index (Phi) is 4.45. The van der Waals surface area contributed by atoms with Gasteiger partial charge in [-0.3, -0.25) is 0 Å². The van der Waals surface area contributed by atoms with Crippen molar-refractivity contribution in [3.8, 4) is 11.5 Å². The van der Waals surface area contributed by atoms with Crippen molar-refractivity contribution in [2.75, 3.05) is 20.1 Å². The molecule has 2 aliphatic rings. The Labute approximate surface area is 150 Å². The van der Waals surface area contributed by atoms with Gasteiger partial charge in [-0.1, -0.05) is 11.6 Å². The maximum atomic E-state index is 11.7. The molecule has 1 aromatic carbocycles. The molecule has 1 aromatic rings. The lowest BCUT2D eigenvalue weighted by molar-refractivity contribution is -0.122. The van der Waals surface area contributed by atoms with Gasteiger partial charge in [0.25, 0.3) is 5.79 Å². The summed E-state index contributed by atoms with van der Waals surface area (Å²) in [4.78, 5) is 24.8. The molecule has 0 aromatic heterocycles. The van der Waals surface area contributed by atoms with Gasteiger partial charge in [0, 0.05) is 38.5 Å². The number of halogens is 1. The van der Waals surface area contributed by atoms with E-state index in [9.17, 15) is 14.7 Å². The fraction of sp³-hybridized carbons (Fsp3) is 0.529. The van der Waals surface area contributed by atoms with Gasteiger partial charge in [-0.2, -0.15) is 0 Å². The Morgan fingerprint density at radius 1 is 1.32 bits per heavy atom. The molecule has 1 atom stereocenters. The van der Waals surface area contributed by atoms with Crippen LogP contribution in [0.25, 0.3) is 0 Å². The number of urea groups is 1. The maximum Gasteiger partial charge on any atom is 0.336 e. The second kappa shape index (κ2) is 6.29. The smallest absolute Gasteiger partial charge is 0.336 e. The van der Waals surface area contributed by atoms with Crippen molar-refractivity contribution in [3.63, 3.8) is 0 Å². The number of nitrogens with one attached hydrogen (secondary N) is 1. The lowest BCUT2D eigenvalue weighted by atomic mass is 9.89. The van der Waals surface area contributed by atoms with E-state index in [-0.39, 0.29) is 22.5 Å². The predicted molar refractivity (Wildman–Crippen MR) is 91.6 cm³/mol. The zero-order valence-electron chi connectivity index (χ0n) is 14.4. The number of aromatic carboxylic acids is 1. The van der Waals surface area contributed by atoms with Crippen molar-refractivity contribution in [2.24, 2.45) is 5.92 Å². The van der Waals surface area contributed by atoms with Crippen molar-refractivity contribution in [1.29, 1.82) is 0 Å². The van der Waals surface area contributed by atoms with E-state index in [1.165, 1.54) is 6.07 Å². The number of carboxylic acid groups (broad SMARTS) is 1. The summed E-state index contributed by atoms with van der Waals surface area (Å²) in [6, 6.07) is 1.30. The average molecular weight is 369 g/mol. The highest BCUT2D eigenvalue weighted by Crippen LogP contribution is 2.50. The van der Waals surface area contributed by atoms with Gasteiger partial charge in [0.2, 0.25) is 0 Å². The summed E-state index contributed by atoms with van der Waals surface area (Å²) in [5.41, 5.74) is 0.601. The molecule has 2 amide bonds. The van der Waals surface area contributed by atoms with Crippen LogP contribution in [0.4, 0.5) is 4.79 Å². The largest absolute Gasteiger partial charge is 0.478 e. The second-order valence-electron chi connectivity index (χ2n) is 6.53. The molecule has 1 saturated heterocycles. The summed E-state index contributed by atoms with van der Waals surface area (Å²) in [5, 5.41) is 12.2. The summed E-state index contributed by atoms with van der Waals surface area (Å²) in [5.74, 6) is -1.15. The van der Waals surface area contributed by atoms with Gasteiger partial charge >= 0.3 is 12.0 Å². The highest BCUT2D eigenvalue weighted by atomic mass is 35.5. The number of fused-ring (bicyclic) bond motifs is 1. The molecule has 7 nitrogen and oxygen atoms in total. The van der Waals surface area contributed by atoms with Gasteiger partial charge in [-0.15, -0.1) is 0 Å². The summed E-state index contributed by atoms with van der Waals surface area (Å²) >= 11 is 6.21. The normalized spacial score (nSPS) is 22.8. The molecule has 1 fully saturated rings. The van der Waals surface area contributed by atoms with E-state index in [2.05, 4.69) is 5.32 Å². The Bertz CT molecular complexity index is 730. The van der Waals surface area contributed by atoms with E-state index >= 15 is 0 Å². The minimum Gasteiger partial charge on any atom is -0.478 e. The highest BCUT2D eigenvalue weighted by Gasteiger charge is 2.47. The first-order valence-electron chi connectivity index (χ1n) is 8.18. The van der Waals surface area contributed by atoms with Crippen LogP contribution in [-0.4, -0.2) is 47.9 Å². The average Bonchev–Trinajstić information content (AvgIpc) is 2.97. The van der Waals surface area contributed by atoms with Gasteiger partial charge < -0.3 is 24.8 Å². The van der Waals surface area contributed by atoms with Gasteiger partial charge in [-0.05, 0) is 25.8 Å². The van der Waals surface area contributed by atoms with Gasteiger partial charge in [-0.25, -0.2) is 9.59 Å². The van der Waals surface area contributed by atoms with Crippen molar-refractivity contribution in [3.05, 3.63) is 22.2 Å². The molecule has 0 spiro atoms. The topological polar surface area (TPSA) is 88.1 Å². The van der Waals surface area contributed by atoms with E-state index in [1.807, 2.05) is 6.92 Å². The molecule has 2 aliphatic heterocycles. The number of carboxylic acids is 1. The third-order valence-electron chi connectivity index (χ3n) is 5.02. The van der Waals surface area contributed by atoms with E-state index in [0.717, 1.165) is 12.8 Å². The van der Waals surface area contributed by atoms with Crippen LogP contribution >= 0.6 is 11.6 Å². The third-order valence-corrected chi connectivity index (χ3v) is 5.30. The number of benzene rings is 1. The first kappa shape index (κ1) is 17.7. The van der Waals surface area contributed by atoms with Crippen LogP contribution < -0.4 is 14.8 Å². The van der Waals surface area contributed by atoms with Crippen molar-refractivity contribution in [1.82, 2.24) is 10.2 Å². The zero-order valence-corrected chi connectivity index (χ0v) is 15.1. The zero-order chi connectivity index (χ0) is 18.4. The first-order valence-corrected chi connectivity index (χ1v) is 8.55. The van der Waals surface area contributed by atoms with Crippen LogP contribution in [0, 0.1) is 12.8 Å². The number of rotatable bonds is 2. The standard InChI is InChI=1S/C17H21ClN2O5/c1-9-11(15(21)22)8-12(18)14-13(9)24-17(2,25-14)10-4-6-20(7-5-10)16(23)19-3/h8,10H,4-7H2,1-3H3,(H,19,23)(H,21,22). The molecule has 3 rings (SSSR count). The quantitative estimate of drug-likeness (QED) is 0.838. The van der Waals surface area contributed by atoms with E-state index < -0.39 is 11.8 Å². The molecule has 8 heteroatoms. The van der Waals surface area contributed by atoms with Crippen molar-refractivity contribution < 1.29 is 24.2 Å². The third kappa shape index (κ3) is 2.97. The van der Waals surface area contributed by atoms with E-state index in [0.29, 0.717) is 30.2 Å². The molecule has 2 heterocycles. The maximum absolute atomic E-state index is 11.7. The molecule has 0 aliphatic carbocycles. The molecular weight excluding hydrogens is 348 g/mol. The minimum absolute atomic E-state index is 0.0598. The highest BCUT2D eigenvalue weighted by molar-refractivity contribution is 6.32. The van der Waals surface area contributed by atoms with E-state index in [4.69, 9.17) is 21.1 Å². The van der Waals surface area contributed by atoms with Crippen LogP contribution in [0.5, 0.6) is 11.5 Å². The van der Waals surface area contributed by atoms with Crippen molar-refractivity contribution in [2.45, 2.75) is 32.5 Å². The number of carbonyl (C=O) groups is 2. The Morgan fingerprint density at radius 2 is 1.92 bits per heavy atom. The number of carbonyl (C=O) groups excluding carboxylic acids is 1. The molecular formula is C17H21ClN2O5. The number of ether oxygens (including phenoxy) is 2. The summed E-state index contributed by atoms with van der Waals surface area (Å²) in [6.45, 7) is 4.73. The van der Waals surface area contributed by atoms with Crippen LogP contribution in [0.1, 0.15) is 35.7 Å². The SMILES string of the molecule is CNC(=O)N1CCC(C2(C)Oc3c(Cl)cc(C(=O)O)c(C)c3O2)CC1. The molecule has 136 valence electrons. The van der Waals surface area contributed by atoms with Gasteiger partial charge in [0.15, 0.2) is 11.5 Å². The minimum atomic E-state index is -1.06. The van der Waals surface area contributed by atoms with Crippen LogP contribution in [0.3, 0.4) is 0 Å². The molecule has 0 radical (unpaired) electrons. The number of hydrogen-bond donors (Lipinski definition) is 2. The Morgan fingerprint density at radius 3 is 2.48 bits per heavy atom.